The summed E-state index contributed by atoms with van der Waals surface area (Å²) in [5, 5.41) is 22.3. The number of fused-ring (bicyclic) bond motifs is 2. The molecule has 2 N–H and O–H groups in total. The maximum absolute atomic E-state index is 13.0. The molecule has 5 rings (SSSR count). The number of ether oxygens (including phenoxy) is 1. The van der Waals surface area contributed by atoms with Crippen LogP contribution in [0.15, 0.2) is 30.5 Å². The number of hydrogen-bond donors (Lipinski definition) is 2. The number of amides is 1. The summed E-state index contributed by atoms with van der Waals surface area (Å²) in [5.41, 5.74) is 3.89. The van der Waals surface area contributed by atoms with Gasteiger partial charge in [0.25, 0.3) is 5.91 Å². The number of carbonyl (C=O) groups is 1. The van der Waals surface area contributed by atoms with Crippen molar-refractivity contribution in [1.82, 2.24) is 15.2 Å². The summed E-state index contributed by atoms with van der Waals surface area (Å²) < 4.78 is 7.13. The van der Waals surface area contributed by atoms with Gasteiger partial charge in [-0.1, -0.05) is 0 Å². The SMILES string of the molecule is N#Cc1cc2c(c(-c3ccnc4cc(CO)sc34)c1)O[C@H](C(=O)N1CCNCC1)C2. The molecule has 1 atom stereocenters. The largest absolute Gasteiger partial charge is 0.479 e. The van der Waals surface area contributed by atoms with E-state index in [0.717, 1.165) is 44.9 Å². The van der Waals surface area contributed by atoms with Crippen LogP contribution < -0.4 is 10.1 Å². The molecule has 2 aliphatic heterocycles. The Labute approximate surface area is 177 Å². The Morgan fingerprint density at radius 1 is 1.33 bits per heavy atom. The van der Waals surface area contributed by atoms with Gasteiger partial charge in [0.05, 0.1) is 28.5 Å². The van der Waals surface area contributed by atoms with E-state index in [0.29, 0.717) is 30.8 Å². The van der Waals surface area contributed by atoms with Crippen molar-refractivity contribution in [2.75, 3.05) is 26.2 Å². The van der Waals surface area contributed by atoms with E-state index in [1.165, 1.54) is 11.3 Å². The number of thiophene rings is 1. The smallest absolute Gasteiger partial charge is 0.264 e. The van der Waals surface area contributed by atoms with E-state index in [9.17, 15) is 15.2 Å². The van der Waals surface area contributed by atoms with Crippen molar-refractivity contribution in [1.29, 1.82) is 5.26 Å². The highest BCUT2D eigenvalue weighted by Gasteiger charge is 2.35. The molecule has 0 radical (unpaired) electrons. The Balaban J connectivity index is 1.57. The van der Waals surface area contributed by atoms with Gasteiger partial charge in [0.2, 0.25) is 0 Å². The van der Waals surface area contributed by atoms with Crippen LogP contribution >= 0.6 is 11.3 Å². The molecule has 2 aliphatic rings. The van der Waals surface area contributed by atoms with E-state index < -0.39 is 6.10 Å². The average molecular weight is 420 g/mol. The Hall–Kier alpha value is -2.99. The normalized spacial score (nSPS) is 18.1. The van der Waals surface area contributed by atoms with Gasteiger partial charge < -0.3 is 20.1 Å². The molecule has 2 aromatic heterocycles. The quantitative estimate of drug-likeness (QED) is 0.673. The number of aromatic nitrogens is 1. The van der Waals surface area contributed by atoms with Crippen LogP contribution in [0.25, 0.3) is 21.3 Å². The number of aliphatic hydroxyl groups excluding tert-OH is 1. The molecule has 3 aromatic rings. The number of carbonyl (C=O) groups excluding carboxylic acids is 1. The van der Waals surface area contributed by atoms with Gasteiger partial charge in [-0.05, 0) is 24.3 Å². The summed E-state index contributed by atoms with van der Waals surface area (Å²) in [5.74, 6) is 0.657. The summed E-state index contributed by atoms with van der Waals surface area (Å²) >= 11 is 1.47. The van der Waals surface area contributed by atoms with Crippen LogP contribution in [-0.2, 0) is 17.8 Å². The molecular weight excluding hydrogens is 400 g/mol. The summed E-state index contributed by atoms with van der Waals surface area (Å²) in [7, 11) is 0. The van der Waals surface area contributed by atoms with E-state index in [-0.39, 0.29) is 12.5 Å². The maximum Gasteiger partial charge on any atom is 0.264 e. The fraction of sp³-hybridized carbons (Fsp3) is 0.318. The van der Waals surface area contributed by atoms with Gasteiger partial charge in [-0.25, -0.2) is 0 Å². The molecule has 1 fully saturated rings. The minimum absolute atomic E-state index is 0.00396. The lowest BCUT2D eigenvalue weighted by Gasteiger charge is -2.29. The lowest BCUT2D eigenvalue weighted by molar-refractivity contribution is -0.138. The molecule has 1 saturated heterocycles. The fourth-order valence-corrected chi connectivity index (χ4v) is 5.13. The summed E-state index contributed by atoms with van der Waals surface area (Å²) in [6.45, 7) is 2.88. The standard InChI is InChI=1S/C22H20N4O3S/c23-11-13-7-14-9-19(22(28)26-5-3-24-4-6-26)29-20(14)17(8-13)16-1-2-25-18-10-15(12-27)30-21(16)18/h1-2,7-8,10,19,24,27H,3-6,9,12H2/t19-/m0/s1. The third kappa shape index (κ3) is 3.21. The number of pyridine rings is 1. The van der Waals surface area contributed by atoms with E-state index in [1.807, 2.05) is 29.2 Å². The first-order valence-corrected chi connectivity index (χ1v) is 10.7. The van der Waals surface area contributed by atoms with Crippen LogP contribution in [0.4, 0.5) is 0 Å². The first-order chi connectivity index (χ1) is 14.7. The molecule has 8 heteroatoms. The van der Waals surface area contributed by atoms with Gasteiger partial charge in [0.1, 0.15) is 5.75 Å². The van der Waals surface area contributed by atoms with Crippen molar-refractivity contribution in [3.05, 3.63) is 46.5 Å². The second-order valence-corrected chi connectivity index (χ2v) is 8.59. The number of benzene rings is 1. The molecule has 0 spiro atoms. The first kappa shape index (κ1) is 19.0. The molecule has 0 unspecified atom stereocenters. The highest BCUT2D eigenvalue weighted by Crippen LogP contribution is 2.43. The highest BCUT2D eigenvalue weighted by atomic mass is 32.1. The predicted octanol–water partition coefficient (Wildman–Crippen LogP) is 2.06. The van der Waals surface area contributed by atoms with Crippen molar-refractivity contribution < 1.29 is 14.6 Å². The first-order valence-electron chi connectivity index (χ1n) is 9.90. The minimum atomic E-state index is -0.570. The van der Waals surface area contributed by atoms with Crippen molar-refractivity contribution in [3.63, 3.8) is 0 Å². The number of nitrogens with one attached hydrogen (secondary N) is 1. The summed E-state index contributed by atoms with van der Waals surface area (Å²) in [6.07, 6.45) is 1.61. The van der Waals surface area contributed by atoms with Crippen molar-refractivity contribution in [2.24, 2.45) is 0 Å². The van der Waals surface area contributed by atoms with Crippen LogP contribution in [0.3, 0.4) is 0 Å². The zero-order valence-corrected chi connectivity index (χ0v) is 17.0. The van der Waals surface area contributed by atoms with Gasteiger partial charge in [-0.3, -0.25) is 9.78 Å². The molecule has 0 aliphatic carbocycles. The lowest BCUT2D eigenvalue weighted by atomic mass is 9.98. The third-order valence-corrected chi connectivity index (χ3v) is 6.72. The summed E-state index contributed by atoms with van der Waals surface area (Å²) in [4.78, 5) is 20.1. The molecule has 1 aromatic carbocycles. The Morgan fingerprint density at radius 2 is 2.17 bits per heavy atom. The number of nitrogens with zero attached hydrogens (tertiary/aromatic N) is 3. The molecular formula is C22H20N4O3S. The number of hydrogen-bond acceptors (Lipinski definition) is 7. The number of piperazine rings is 1. The Morgan fingerprint density at radius 3 is 2.93 bits per heavy atom. The van der Waals surface area contributed by atoms with E-state index >= 15 is 0 Å². The molecule has 1 amide bonds. The Bertz CT molecular complexity index is 1180. The highest BCUT2D eigenvalue weighted by molar-refractivity contribution is 7.19. The van der Waals surface area contributed by atoms with Gasteiger partial charge >= 0.3 is 0 Å². The predicted molar refractivity (Wildman–Crippen MR) is 113 cm³/mol. The van der Waals surface area contributed by atoms with Crippen molar-refractivity contribution >= 4 is 27.5 Å². The summed E-state index contributed by atoms with van der Waals surface area (Å²) in [6, 6.07) is 9.62. The number of nitriles is 1. The van der Waals surface area contributed by atoms with Crippen LogP contribution in [-0.4, -0.2) is 53.2 Å². The van der Waals surface area contributed by atoms with E-state index in [1.54, 1.807) is 6.20 Å². The molecule has 0 bridgehead atoms. The number of rotatable bonds is 3. The molecule has 152 valence electrons. The van der Waals surface area contributed by atoms with Crippen LogP contribution in [0, 0.1) is 11.3 Å². The van der Waals surface area contributed by atoms with Crippen LogP contribution in [0.1, 0.15) is 16.0 Å². The lowest BCUT2D eigenvalue weighted by Crippen LogP contribution is -2.50. The maximum atomic E-state index is 13.0. The zero-order valence-electron chi connectivity index (χ0n) is 16.2. The monoisotopic (exact) mass is 420 g/mol. The molecule has 0 saturated carbocycles. The van der Waals surface area contributed by atoms with Gasteiger partial charge in [0, 0.05) is 60.4 Å². The van der Waals surface area contributed by atoms with E-state index in [2.05, 4.69) is 16.4 Å². The van der Waals surface area contributed by atoms with Crippen molar-refractivity contribution in [2.45, 2.75) is 19.1 Å². The second kappa shape index (κ2) is 7.69. The van der Waals surface area contributed by atoms with Crippen LogP contribution in [0.2, 0.25) is 0 Å². The third-order valence-electron chi connectivity index (χ3n) is 5.57. The van der Waals surface area contributed by atoms with Crippen molar-refractivity contribution in [3.8, 4) is 22.9 Å². The Kier molecular flexibility index (Phi) is 4.87. The molecule has 7 nitrogen and oxygen atoms in total. The average Bonchev–Trinajstić information content (AvgIpc) is 3.42. The van der Waals surface area contributed by atoms with Gasteiger partial charge in [-0.2, -0.15) is 5.26 Å². The van der Waals surface area contributed by atoms with E-state index in [4.69, 9.17) is 4.74 Å². The minimum Gasteiger partial charge on any atom is -0.479 e. The zero-order chi connectivity index (χ0) is 20.7. The fourth-order valence-electron chi connectivity index (χ4n) is 4.13. The number of aliphatic hydroxyl groups is 1. The molecule has 4 heterocycles. The second-order valence-electron chi connectivity index (χ2n) is 7.45. The van der Waals surface area contributed by atoms with Crippen LogP contribution in [0.5, 0.6) is 5.75 Å². The van der Waals surface area contributed by atoms with Gasteiger partial charge in [-0.15, -0.1) is 11.3 Å². The topological polar surface area (TPSA) is 98.5 Å². The van der Waals surface area contributed by atoms with Gasteiger partial charge in [0.15, 0.2) is 6.10 Å². The molecule has 30 heavy (non-hydrogen) atoms.